The van der Waals surface area contributed by atoms with Gasteiger partial charge in [0.2, 0.25) is 0 Å². The van der Waals surface area contributed by atoms with Crippen molar-refractivity contribution in [1.82, 2.24) is 15.1 Å². The lowest BCUT2D eigenvalue weighted by molar-refractivity contribution is -0.860. The highest BCUT2D eigenvalue weighted by molar-refractivity contribution is 5.94. The molecule has 0 radical (unpaired) electrons. The summed E-state index contributed by atoms with van der Waals surface area (Å²) in [7, 11) is 4.11. The molecule has 1 aromatic heterocycles. The molecule has 0 saturated carbocycles. The number of nitrogens with zero attached hydrogens (tertiary/aromatic N) is 3. The van der Waals surface area contributed by atoms with Gasteiger partial charge in [0.25, 0.3) is 5.91 Å². The largest absolute Gasteiger partial charge is 0.340 e. The standard InChI is InChI=1S/C23H27N5O3/c1-16-22(28(30)31)17(2)27(25-16)14-18-10-12-20(13-11-18)23(29)24-21(15-26(3)4)19-8-6-5-7-9-19/h5-13,21H,14-15H2,1-4H3,(H,24,29)/p+1/t21-/m0/s1. The maximum absolute atomic E-state index is 12.8. The summed E-state index contributed by atoms with van der Waals surface area (Å²) >= 11 is 0. The summed E-state index contributed by atoms with van der Waals surface area (Å²) in [4.78, 5) is 24.9. The van der Waals surface area contributed by atoms with E-state index in [1.165, 1.54) is 4.90 Å². The molecule has 0 unspecified atom stereocenters. The van der Waals surface area contributed by atoms with Crippen molar-refractivity contribution in [2.75, 3.05) is 20.6 Å². The summed E-state index contributed by atoms with van der Waals surface area (Å²) in [6.45, 7) is 4.49. The van der Waals surface area contributed by atoms with Crippen LogP contribution in [0.4, 0.5) is 5.69 Å². The van der Waals surface area contributed by atoms with Gasteiger partial charge in [0.1, 0.15) is 24.0 Å². The third-order valence-corrected chi connectivity index (χ3v) is 5.19. The van der Waals surface area contributed by atoms with Crippen molar-refractivity contribution in [3.05, 3.63) is 92.8 Å². The first kappa shape index (κ1) is 22.2. The Balaban J connectivity index is 1.72. The van der Waals surface area contributed by atoms with Gasteiger partial charge in [0, 0.05) is 5.56 Å². The number of carbonyl (C=O) groups is 1. The Hall–Kier alpha value is -3.52. The third-order valence-electron chi connectivity index (χ3n) is 5.19. The number of aromatic nitrogens is 2. The molecule has 0 bridgehead atoms. The Morgan fingerprint density at radius 2 is 1.77 bits per heavy atom. The summed E-state index contributed by atoms with van der Waals surface area (Å²) in [6.07, 6.45) is 0. The summed E-state index contributed by atoms with van der Waals surface area (Å²) < 4.78 is 1.62. The summed E-state index contributed by atoms with van der Waals surface area (Å²) in [6, 6.07) is 17.1. The van der Waals surface area contributed by atoms with Crippen molar-refractivity contribution in [3.63, 3.8) is 0 Å². The van der Waals surface area contributed by atoms with Crippen LogP contribution in [0.1, 0.15) is 38.9 Å². The predicted molar refractivity (Wildman–Crippen MR) is 118 cm³/mol. The van der Waals surface area contributed by atoms with Crippen molar-refractivity contribution in [3.8, 4) is 0 Å². The van der Waals surface area contributed by atoms with Gasteiger partial charge < -0.3 is 10.2 Å². The fraction of sp³-hybridized carbons (Fsp3) is 0.304. The Bertz CT molecular complexity index is 1060. The van der Waals surface area contributed by atoms with Crippen LogP contribution < -0.4 is 10.2 Å². The zero-order valence-corrected chi connectivity index (χ0v) is 18.3. The molecule has 0 fully saturated rings. The molecule has 31 heavy (non-hydrogen) atoms. The van der Waals surface area contributed by atoms with Crippen molar-refractivity contribution in [1.29, 1.82) is 0 Å². The van der Waals surface area contributed by atoms with E-state index in [4.69, 9.17) is 0 Å². The van der Waals surface area contributed by atoms with E-state index in [9.17, 15) is 14.9 Å². The predicted octanol–water partition coefficient (Wildman–Crippen LogP) is 2.07. The highest BCUT2D eigenvalue weighted by atomic mass is 16.6. The number of quaternary nitrogens is 1. The lowest BCUT2D eigenvalue weighted by Gasteiger charge is -2.21. The number of hydrogen-bond donors (Lipinski definition) is 2. The van der Waals surface area contributed by atoms with Crippen LogP contribution in [0.25, 0.3) is 0 Å². The average Bonchev–Trinajstić information content (AvgIpc) is 3.01. The molecule has 0 aliphatic carbocycles. The smallest absolute Gasteiger partial charge is 0.312 e. The highest BCUT2D eigenvalue weighted by Crippen LogP contribution is 2.22. The number of rotatable bonds is 8. The van der Waals surface area contributed by atoms with E-state index in [1.54, 1.807) is 30.7 Å². The first-order valence-electron chi connectivity index (χ1n) is 10.2. The van der Waals surface area contributed by atoms with Crippen LogP contribution in [0, 0.1) is 24.0 Å². The summed E-state index contributed by atoms with van der Waals surface area (Å²) in [5, 5.41) is 18.6. The maximum atomic E-state index is 12.8. The SMILES string of the molecule is Cc1nn(Cc2ccc(C(=O)N[C@@H](C[NH+](C)C)c3ccccc3)cc2)c(C)c1[N+](=O)[O-]. The Kier molecular flexibility index (Phi) is 6.81. The van der Waals surface area contributed by atoms with Gasteiger partial charge >= 0.3 is 5.69 Å². The van der Waals surface area contributed by atoms with Crippen molar-refractivity contribution in [2.45, 2.75) is 26.4 Å². The zero-order valence-electron chi connectivity index (χ0n) is 18.3. The molecule has 0 aliphatic heterocycles. The molecule has 1 amide bonds. The molecule has 8 nitrogen and oxygen atoms in total. The number of amides is 1. The number of carbonyl (C=O) groups excluding carboxylic acids is 1. The second-order valence-corrected chi connectivity index (χ2v) is 7.98. The molecule has 8 heteroatoms. The highest BCUT2D eigenvalue weighted by Gasteiger charge is 2.22. The van der Waals surface area contributed by atoms with Gasteiger partial charge in [-0.15, -0.1) is 0 Å². The lowest BCUT2D eigenvalue weighted by atomic mass is 10.1. The molecule has 162 valence electrons. The van der Waals surface area contributed by atoms with Crippen molar-refractivity contribution in [2.24, 2.45) is 0 Å². The van der Waals surface area contributed by atoms with Gasteiger partial charge in [-0.25, -0.2) is 0 Å². The molecule has 3 aromatic rings. The molecule has 2 N–H and O–H groups in total. The second-order valence-electron chi connectivity index (χ2n) is 7.98. The zero-order chi connectivity index (χ0) is 22.5. The van der Waals surface area contributed by atoms with E-state index in [0.717, 1.165) is 17.7 Å². The van der Waals surface area contributed by atoms with Gasteiger partial charge in [-0.05, 0) is 37.1 Å². The van der Waals surface area contributed by atoms with E-state index in [-0.39, 0.29) is 17.6 Å². The van der Waals surface area contributed by atoms with E-state index in [1.807, 2.05) is 42.5 Å². The lowest BCUT2D eigenvalue weighted by Crippen LogP contribution is -3.06. The fourth-order valence-electron chi connectivity index (χ4n) is 3.63. The van der Waals surface area contributed by atoms with Crippen LogP contribution in [0.15, 0.2) is 54.6 Å². The molecule has 1 atom stereocenters. The number of nitrogens with one attached hydrogen (secondary N) is 2. The Morgan fingerprint density at radius 3 is 2.32 bits per heavy atom. The first-order chi connectivity index (χ1) is 14.8. The normalized spacial score (nSPS) is 12.0. The number of hydrogen-bond acceptors (Lipinski definition) is 4. The quantitative estimate of drug-likeness (QED) is 0.429. The minimum absolute atomic E-state index is 0.0472. The molecule has 0 aliphatic rings. The van der Waals surface area contributed by atoms with Crippen LogP contribution in [-0.4, -0.2) is 41.3 Å². The topological polar surface area (TPSA) is 94.5 Å². The van der Waals surface area contributed by atoms with Crippen LogP contribution >= 0.6 is 0 Å². The molecular weight excluding hydrogens is 394 g/mol. The van der Waals surface area contributed by atoms with Gasteiger partial charge in [-0.2, -0.15) is 5.10 Å². The molecule has 0 spiro atoms. The Labute approximate surface area is 181 Å². The average molecular weight is 423 g/mol. The van der Waals surface area contributed by atoms with E-state index >= 15 is 0 Å². The maximum Gasteiger partial charge on any atom is 0.312 e. The number of likely N-dealkylation sites (N-methyl/N-ethyl adjacent to an activating group) is 1. The van der Waals surface area contributed by atoms with Gasteiger partial charge in [0.05, 0.1) is 25.6 Å². The van der Waals surface area contributed by atoms with Crippen LogP contribution in [0.2, 0.25) is 0 Å². The second kappa shape index (κ2) is 9.53. The van der Waals surface area contributed by atoms with Gasteiger partial charge in [0.15, 0.2) is 0 Å². The minimum Gasteiger partial charge on any atom is -0.340 e. The molecule has 2 aromatic carbocycles. The Morgan fingerprint density at radius 1 is 1.13 bits per heavy atom. The van der Waals surface area contributed by atoms with E-state index in [2.05, 4.69) is 24.5 Å². The first-order valence-corrected chi connectivity index (χ1v) is 10.2. The summed E-state index contributed by atoms with van der Waals surface area (Å²) in [5.74, 6) is -0.136. The van der Waals surface area contributed by atoms with Crippen molar-refractivity contribution < 1.29 is 14.6 Å². The minimum atomic E-state index is -0.403. The number of benzene rings is 2. The number of nitro groups is 1. The van der Waals surface area contributed by atoms with Crippen molar-refractivity contribution >= 4 is 11.6 Å². The third kappa shape index (κ3) is 5.35. The fourth-order valence-corrected chi connectivity index (χ4v) is 3.63. The number of aryl methyl sites for hydroxylation is 1. The van der Waals surface area contributed by atoms with Crippen LogP contribution in [0.3, 0.4) is 0 Å². The molecule has 3 rings (SSSR count). The van der Waals surface area contributed by atoms with Crippen LogP contribution in [-0.2, 0) is 6.54 Å². The monoisotopic (exact) mass is 422 g/mol. The van der Waals surface area contributed by atoms with Crippen LogP contribution in [0.5, 0.6) is 0 Å². The van der Waals surface area contributed by atoms with E-state index < -0.39 is 4.92 Å². The van der Waals surface area contributed by atoms with Gasteiger partial charge in [-0.1, -0.05) is 42.5 Å². The summed E-state index contributed by atoms with van der Waals surface area (Å²) in [5.41, 5.74) is 3.51. The molecular formula is C23H28N5O3+. The van der Waals surface area contributed by atoms with E-state index in [0.29, 0.717) is 23.5 Å². The molecule has 1 heterocycles. The molecule has 0 saturated heterocycles. The van der Waals surface area contributed by atoms with Gasteiger partial charge in [-0.3, -0.25) is 19.6 Å².